The Morgan fingerprint density at radius 1 is 1.04 bits per heavy atom. The first-order valence-corrected chi connectivity index (χ1v) is 8.32. The summed E-state index contributed by atoms with van der Waals surface area (Å²) in [5.41, 5.74) is 2.01. The molecule has 23 heavy (non-hydrogen) atoms. The average Bonchev–Trinajstić information content (AvgIpc) is 2.52. The smallest absolute Gasteiger partial charge is 0.124 e. The van der Waals surface area contributed by atoms with Gasteiger partial charge >= 0.3 is 0 Å². The van der Waals surface area contributed by atoms with E-state index in [-0.39, 0.29) is 0 Å². The molecule has 3 nitrogen and oxygen atoms in total. The SMILES string of the molecule is CN(C)CCNCc1cc(Cl)ccc1OCc1ccccc1Cl. The van der Waals surface area contributed by atoms with Gasteiger partial charge in [-0.25, -0.2) is 0 Å². The molecular weight excluding hydrogens is 331 g/mol. The van der Waals surface area contributed by atoms with Gasteiger partial charge in [0.1, 0.15) is 12.4 Å². The fraction of sp³-hybridized carbons (Fsp3) is 0.333. The van der Waals surface area contributed by atoms with Crippen LogP contribution >= 0.6 is 23.2 Å². The average molecular weight is 353 g/mol. The van der Waals surface area contributed by atoms with Gasteiger partial charge in [-0.1, -0.05) is 41.4 Å². The van der Waals surface area contributed by atoms with Gasteiger partial charge in [-0.2, -0.15) is 0 Å². The van der Waals surface area contributed by atoms with E-state index in [0.717, 1.165) is 30.0 Å². The maximum atomic E-state index is 6.17. The lowest BCUT2D eigenvalue weighted by Crippen LogP contribution is -2.26. The summed E-state index contributed by atoms with van der Waals surface area (Å²) in [6.45, 7) is 3.04. The number of nitrogens with one attached hydrogen (secondary N) is 1. The van der Waals surface area contributed by atoms with Crippen molar-refractivity contribution in [1.82, 2.24) is 10.2 Å². The summed E-state index contributed by atoms with van der Waals surface area (Å²) in [5, 5.41) is 4.83. The van der Waals surface area contributed by atoms with Crippen LogP contribution in [0.2, 0.25) is 10.0 Å². The van der Waals surface area contributed by atoms with Crippen molar-refractivity contribution in [2.24, 2.45) is 0 Å². The molecule has 0 aliphatic rings. The molecule has 0 aliphatic carbocycles. The zero-order valence-corrected chi connectivity index (χ0v) is 15.0. The molecule has 2 aromatic rings. The molecule has 0 saturated heterocycles. The van der Waals surface area contributed by atoms with Gasteiger partial charge in [0.25, 0.3) is 0 Å². The van der Waals surface area contributed by atoms with Gasteiger partial charge in [0, 0.05) is 40.8 Å². The number of likely N-dealkylation sites (N-methyl/N-ethyl adjacent to an activating group) is 1. The van der Waals surface area contributed by atoms with Crippen LogP contribution in [0.1, 0.15) is 11.1 Å². The fourth-order valence-corrected chi connectivity index (χ4v) is 2.51. The molecule has 0 unspecified atom stereocenters. The van der Waals surface area contributed by atoms with Crippen molar-refractivity contribution in [2.45, 2.75) is 13.2 Å². The highest BCUT2D eigenvalue weighted by atomic mass is 35.5. The van der Waals surface area contributed by atoms with Crippen LogP contribution in [0.3, 0.4) is 0 Å². The normalized spacial score (nSPS) is 11.0. The number of halogens is 2. The molecule has 0 fully saturated rings. The Balaban J connectivity index is 1.99. The van der Waals surface area contributed by atoms with E-state index >= 15 is 0 Å². The molecule has 0 amide bonds. The lowest BCUT2D eigenvalue weighted by Gasteiger charge is -2.14. The van der Waals surface area contributed by atoms with Gasteiger partial charge in [-0.3, -0.25) is 0 Å². The van der Waals surface area contributed by atoms with Gasteiger partial charge in [-0.05, 0) is 38.4 Å². The summed E-state index contributed by atoms with van der Waals surface area (Å²) < 4.78 is 5.94. The predicted molar refractivity (Wildman–Crippen MR) is 97.5 cm³/mol. The molecule has 0 spiro atoms. The molecule has 0 bridgehead atoms. The highest BCUT2D eigenvalue weighted by molar-refractivity contribution is 6.31. The van der Waals surface area contributed by atoms with Crippen LogP contribution in [-0.4, -0.2) is 32.1 Å². The van der Waals surface area contributed by atoms with Crippen LogP contribution in [0.4, 0.5) is 0 Å². The molecule has 5 heteroatoms. The Bertz CT molecular complexity index is 632. The van der Waals surface area contributed by atoms with Gasteiger partial charge in [0.15, 0.2) is 0 Å². The Hall–Kier alpha value is -1.26. The second kappa shape index (κ2) is 9.14. The molecule has 0 heterocycles. The van der Waals surface area contributed by atoms with Gasteiger partial charge in [0.2, 0.25) is 0 Å². The second-order valence-corrected chi connectivity index (χ2v) is 6.46. The fourth-order valence-electron chi connectivity index (χ4n) is 2.12. The molecule has 1 N–H and O–H groups in total. The van der Waals surface area contributed by atoms with E-state index in [9.17, 15) is 0 Å². The minimum absolute atomic E-state index is 0.437. The first-order chi connectivity index (χ1) is 11.1. The Kier molecular flexibility index (Phi) is 7.18. The second-order valence-electron chi connectivity index (χ2n) is 5.61. The molecule has 2 rings (SSSR count). The van der Waals surface area contributed by atoms with E-state index in [0.29, 0.717) is 23.2 Å². The Morgan fingerprint density at radius 3 is 2.57 bits per heavy atom. The van der Waals surface area contributed by atoms with E-state index in [4.69, 9.17) is 27.9 Å². The lowest BCUT2D eigenvalue weighted by molar-refractivity contribution is 0.302. The highest BCUT2D eigenvalue weighted by Crippen LogP contribution is 2.25. The van der Waals surface area contributed by atoms with Crippen LogP contribution in [0.25, 0.3) is 0 Å². The number of nitrogens with zero attached hydrogens (tertiary/aromatic N) is 1. The Morgan fingerprint density at radius 2 is 1.83 bits per heavy atom. The van der Waals surface area contributed by atoms with Crippen molar-refractivity contribution in [1.29, 1.82) is 0 Å². The minimum atomic E-state index is 0.437. The van der Waals surface area contributed by atoms with Crippen molar-refractivity contribution < 1.29 is 4.74 Å². The van der Waals surface area contributed by atoms with E-state index < -0.39 is 0 Å². The minimum Gasteiger partial charge on any atom is -0.489 e. The monoisotopic (exact) mass is 352 g/mol. The van der Waals surface area contributed by atoms with Crippen molar-refractivity contribution in [3.8, 4) is 5.75 Å². The zero-order valence-electron chi connectivity index (χ0n) is 13.5. The van der Waals surface area contributed by atoms with Gasteiger partial charge in [0.05, 0.1) is 0 Å². The highest BCUT2D eigenvalue weighted by Gasteiger charge is 2.07. The molecule has 0 saturated carbocycles. The number of rotatable bonds is 8. The van der Waals surface area contributed by atoms with Crippen LogP contribution in [-0.2, 0) is 13.2 Å². The summed E-state index contributed by atoms with van der Waals surface area (Å²) in [5.74, 6) is 0.826. The van der Waals surface area contributed by atoms with Gasteiger partial charge in [-0.15, -0.1) is 0 Å². The third kappa shape index (κ3) is 6.04. The molecule has 2 aromatic carbocycles. The number of benzene rings is 2. The topological polar surface area (TPSA) is 24.5 Å². The van der Waals surface area contributed by atoms with Crippen LogP contribution in [0.15, 0.2) is 42.5 Å². The molecule has 0 atom stereocenters. The third-order valence-corrected chi connectivity index (χ3v) is 4.02. The maximum Gasteiger partial charge on any atom is 0.124 e. The van der Waals surface area contributed by atoms with Crippen LogP contribution < -0.4 is 10.1 Å². The molecule has 0 aromatic heterocycles. The van der Waals surface area contributed by atoms with E-state index in [2.05, 4.69) is 24.3 Å². The summed E-state index contributed by atoms with van der Waals surface area (Å²) in [6.07, 6.45) is 0. The quantitative estimate of drug-likeness (QED) is 0.719. The van der Waals surface area contributed by atoms with E-state index in [1.165, 1.54) is 0 Å². The van der Waals surface area contributed by atoms with Crippen molar-refractivity contribution in [3.63, 3.8) is 0 Å². The predicted octanol–water partition coefficient (Wildman–Crippen LogP) is 4.22. The molecule has 124 valence electrons. The number of hydrogen-bond acceptors (Lipinski definition) is 3. The summed E-state index contributed by atoms with van der Waals surface area (Å²) in [6, 6.07) is 13.4. The zero-order chi connectivity index (χ0) is 16.7. The van der Waals surface area contributed by atoms with Crippen molar-refractivity contribution in [3.05, 3.63) is 63.6 Å². The lowest BCUT2D eigenvalue weighted by atomic mass is 10.2. The molecular formula is C18H22Cl2N2O. The van der Waals surface area contributed by atoms with Crippen LogP contribution in [0, 0.1) is 0 Å². The van der Waals surface area contributed by atoms with Crippen molar-refractivity contribution >= 4 is 23.2 Å². The largest absolute Gasteiger partial charge is 0.489 e. The number of hydrogen-bond donors (Lipinski definition) is 1. The van der Waals surface area contributed by atoms with Gasteiger partial charge < -0.3 is 15.0 Å². The first kappa shape index (κ1) is 18.1. The first-order valence-electron chi connectivity index (χ1n) is 7.56. The van der Waals surface area contributed by atoms with Crippen LogP contribution in [0.5, 0.6) is 5.75 Å². The third-order valence-electron chi connectivity index (χ3n) is 3.41. The van der Waals surface area contributed by atoms with E-state index in [1.807, 2.05) is 42.5 Å². The summed E-state index contributed by atoms with van der Waals surface area (Å²) >= 11 is 12.3. The van der Waals surface area contributed by atoms with E-state index in [1.54, 1.807) is 0 Å². The standard InChI is InChI=1S/C18H22Cl2N2O/c1-22(2)10-9-21-12-15-11-16(19)7-8-18(15)23-13-14-5-3-4-6-17(14)20/h3-8,11,21H,9-10,12-13H2,1-2H3. The molecule has 0 radical (unpaired) electrons. The molecule has 0 aliphatic heterocycles. The van der Waals surface area contributed by atoms with Crippen molar-refractivity contribution in [2.75, 3.05) is 27.2 Å². The summed E-state index contributed by atoms with van der Waals surface area (Å²) in [4.78, 5) is 2.14. The Labute approximate surface area is 148 Å². The number of ether oxygens (including phenoxy) is 1. The summed E-state index contributed by atoms with van der Waals surface area (Å²) in [7, 11) is 4.11. The maximum absolute atomic E-state index is 6.17.